The van der Waals surface area contributed by atoms with Crippen molar-refractivity contribution in [1.82, 2.24) is 23.5 Å². The standard InChI is InChI=1S/C37H23N5O2S/c43-45(44)36-15-5-4-12-27(36)28-18-25(24-10-2-1-3-11-24)19-29-30-22-41(23-35(30)42(45)37(28)29)26-20-33(31-13-6-8-16-38-31)40-34(21-26)32-14-7-9-17-39-32/h1-23H. The van der Waals surface area contributed by atoms with Crippen molar-refractivity contribution < 1.29 is 8.42 Å². The lowest BCUT2D eigenvalue weighted by Crippen LogP contribution is -2.17. The first-order chi connectivity index (χ1) is 22.1. The van der Waals surface area contributed by atoms with Crippen molar-refractivity contribution in [2.45, 2.75) is 4.90 Å². The molecule has 0 radical (unpaired) electrons. The summed E-state index contributed by atoms with van der Waals surface area (Å²) in [6, 6.07) is 37.0. The van der Waals surface area contributed by atoms with Crippen LogP contribution in [-0.2, 0) is 10.0 Å². The van der Waals surface area contributed by atoms with Gasteiger partial charge in [0.05, 0.1) is 38.7 Å². The first-order valence-electron chi connectivity index (χ1n) is 14.5. The Morgan fingerprint density at radius 2 is 1.22 bits per heavy atom. The molecule has 1 aliphatic heterocycles. The first kappa shape index (κ1) is 25.6. The molecule has 1 aliphatic rings. The smallest absolute Gasteiger partial charge is 0.269 e. The molecule has 0 N–H and O–H groups in total. The first-order valence-corrected chi connectivity index (χ1v) is 16.0. The zero-order valence-electron chi connectivity index (χ0n) is 23.7. The lowest BCUT2D eigenvalue weighted by molar-refractivity contribution is 0.590. The van der Waals surface area contributed by atoms with Gasteiger partial charge in [-0.3, -0.25) is 9.97 Å². The van der Waals surface area contributed by atoms with Crippen molar-refractivity contribution in [1.29, 1.82) is 0 Å². The molecule has 0 saturated heterocycles. The Bertz CT molecular complexity index is 2480. The van der Waals surface area contributed by atoms with Crippen LogP contribution in [-0.4, -0.2) is 31.9 Å². The fourth-order valence-corrected chi connectivity index (χ4v) is 8.11. The molecule has 9 rings (SSSR count). The number of hydrogen-bond acceptors (Lipinski definition) is 5. The second-order valence-corrected chi connectivity index (χ2v) is 12.8. The molecule has 0 amide bonds. The van der Waals surface area contributed by atoms with E-state index in [4.69, 9.17) is 4.98 Å². The van der Waals surface area contributed by atoms with E-state index in [9.17, 15) is 8.42 Å². The van der Waals surface area contributed by atoms with Crippen LogP contribution in [0, 0.1) is 0 Å². The molecule has 214 valence electrons. The Hall–Kier alpha value is -5.86. The summed E-state index contributed by atoms with van der Waals surface area (Å²) in [5.41, 5.74) is 8.68. The van der Waals surface area contributed by atoms with Crippen molar-refractivity contribution in [2.24, 2.45) is 0 Å². The van der Waals surface area contributed by atoms with Crippen LogP contribution in [0.3, 0.4) is 0 Å². The van der Waals surface area contributed by atoms with Crippen LogP contribution in [0.5, 0.6) is 0 Å². The predicted molar refractivity (Wildman–Crippen MR) is 176 cm³/mol. The largest absolute Gasteiger partial charge is 0.321 e. The summed E-state index contributed by atoms with van der Waals surface area (Å²) >= 11 is 0. The molecule has 5 aromatic heterocycles. The number of nitrogens with zero attached hydrogens (tertiary/aromatic N) is 5. The average molecular weight is 602 g/mol. The molecular weight excluding hydrogens is 579 g/mol. The Morgan fingerprint density at radius 1 is 0.556 bits per heavy atom. The minimum absolute atomic E-state index is 0.299. The maximum absolute atomic E-state index is 14.3. The zero-order chi connectivity index (χ0) is 30.1. The Kier molecular flexibility index (Phi) is 5.45. The number of hydrogen-bond donors (Lipinski definition) is 0. The van der Waals surface area contributed by atoms with Gasteiger partial charge in [0, 0.05) is 52.4 Å². The van der Waals surface area contributed by atoms with E-state index in [0.29, 0.717) is 27.3 Å². The highest BCUT2D eigenvalue weighted by Crippen LogP contribution is 2.47. The molecule has 45 heavy (non-hydrogen) atoms. The fraction of sp³-hybridized carbons (Fsp3) is 0. The van der Waals surface area contributed by atoms with Crippen LogP contribution in [0.1, 0.15) is 0 Å². The summed E-state index contributed by atoms with van der Waals surface area (Å²) in [4.78, 5) is 14.3. The van der Waals surface area contributed by atoms with E-state index in [1.807, 2.05) is 95.8 Å². The van der Waals surface area contributed by atoms with Crippen LogP contribution < -0.4 is 0 Å². The van der Waals surface area contributed by atoms with Gasteiger partial charge in [-0.25, -0.2) is 17.4 Å². The average Bonchev–Trinajstić information content (AvgIpc) is 3.67. The van der Waals surface area contributed by atoms with Crippen molar-refractivity contribution >= 4 is 31.8 Å². The van der Waals surface area contributed by atoms with Crippen LogP contribution >= 0.6 is 0 Å². The lowest BCUT2D eigenvalue weighted by Gasteiger charge is -2.21. The fourth-order valence-electron chi connectivity index (χ4n) is 6.36. The van der Waals surface area contributed by atoms with Gasteiger partial charge in [-0.15, -0.1) is 0 Å². The summed E-state index contributed by atoms with van der Waals surface area (Å²) in [6.07, 6.45) is 7.39. The minimum atomic E-state index is -3.87. The Balaban J connectivity index is 1.34. The van der Waals surface area contributed by atoms with Gasteiger partial charge < -0.3 is 4.57 Å². The van der Waals surface area contributed by atoms with E-state index < -0.39 is 10.0 Å². The molecule has 0 bridgehead atoms. The molecule has 0 atom stereocenters. The monoisotopic (exact) mass is 601 g/mol. The predicted octanol–water partition coefficient (Wildman–Crippen LogP) is 7.99. The number of benzene rings is 3. The third-order valence-corrected chi connectivity index (χ3v) is 10.2. The maximum Gasteiger partial charge on any atom is 0.269 e. The SMILES string of the molecule is O=S1(=O)c2ccccc2-c2cc(-c3ccccc3)cc3c4cn(-c5cc(-c6ccccn6)nc(-c6ccccn6)c5)cc4n1c23. The van der Waals surface area contributed by atoms with Crippen molar-refractivity contribution in [3.05, 3.63) is 140 Å². The molecule has 8 aromatic rings. The quantitative estimate of drug-likeness (QED) is 0.204. The van der Waals surface area contributed by atoms with Gasteiger partial charge >= 0.3 is 0 Å². The normalized spacial score (nSPS) is 13.2. The number of fused-ring (bicyclic) bond motifs is 5. The van der Waals surface area contributed by atoms with Crippen LogP contribution in [0.2, 0.25) is 0 Å². The van der Waals surface area contributed by atoms with Crippen molar-refractivity contribution in [3.8, 4) is 50.7 Å². The highest BCUT2D eigenvalue weighted by molar-refractivity contribution is 7.90. The third kappa shape index (κ3) is 3.89. The topological polar surface area (TPSA) is 82.7 Å². The Morgan fingerprint density at radius 3 is 1.91 bits per heavy atom. The summed E-state index contributed by atoms with van der Waals surface area (Å²) in [5, 5.41) is 1.72. The van der Waals surface area contributed by atoms with Gasteiger partial charge in [0.1, 0.15) is 0 Å². The molecular formula is C37H23N5O2S. The van der Waals surface area contributed by atoms with Gasteiger partial charge in [0.2, 0.25) is 0 Å². The highest BCUT2D eigenvalue weighted by Gasteiger charge is 2.33. The van der Waals surface area contributed by atoms with Gasteiger partial charge in [-0.1, -0.05) is 60.7 Å². The van der Waals surface area contributed by atoms with Gasteiger partial charge in [0.15, 0.2) is 0 Å². The summed E-state index contributed by atoms with van der Waals surface area (Å²) < 4.78 is 32.0. The lowest BCUT2D eigenvalue weighted by atomic mass is 9.96. The number of aromatic nitrogens is 5. The van der Waals surface area contributed by atoms with Crippen LogP contribution in [0.25, 0.3) is 72.5 Å². The van der Waals surface area contributed by atoms with E-state index in [1.165, 1.54) is 3.97 Å². The summed E-state index contributed by atoms with van der Waals surface area (Å²) in [6.45, 7) is 0. The molecule has 0 spiro atoms. The number of rotatable bonds is 4. The maximum atomic E-state index is 14.3. The summed E-state index contributed by atoms with van der Waals surface area (Å²) in [7, 11) is -3.87. The molecule has 0 saturated carbocycles. The van der Waals surface area contributed by atoms with E-state index >= 15 is 0 Å². The second-order valence-electron chi connectivity index (χ2n) is 11.0. The van der Waals surface area contributed by atoms with Crippen LogP contribution in [0.4, 0.5) is 0 Å². The van der Waals surface area contributed by atoms with Crippen molar-refractivity contribution in [2.75, 3.05) is 0 Å². The molecule has 0 fully saturated rings. The highest BCUT2D eigenvalue weighted by atomic mass is 32.2. The van der Waals surface area contributed by atoms with E-state index in [-0.39, 0.29) is 0 Å². The number of pyridine rings is 3. The second kappa shape index (κ2) is 9.57. The summed E-state index contributed by atoms with van der Waals surface area (Å²) in [5.74, 6) is 0. The minimum Gasteiger partial charge on any atom is -0.321 e. The zero-order valence-corrected chi connectivity index (χ0v) is 24.6. The molecule has 6 heterocycles. The van der Waals surface area contributed by atoms with Crippen molar-refractivity contribution in [3.63, 3.8) is 0 Å². The molecule has 3 aromatic carbocycles. The third-order valence-electron chi connectivity index (χ3n) is 8.39. The van der Waals surface area contributed by atoms with Gasteiger partial charge in [-0.05, 0) is 65.7 Å². The van der Waals surface area contributed by atoms with E-state index in [1.54, 1.807) is 24.5 Å². The Labute approximate surface area is 258 Å². The molecule has 0 aliphatic carbocycles. The van der Waals surface area contributed by atoms with Crippen LogP contribution in [0.15, 0.2) is 145 Å². The van der Waals surface area contributed by atoms with E-state index in [2.05, 4.69) is 34.2 Å². The van der Waals surface area contributed by atoms with Gasteiger partial charge in [-0.2, -0.15) is 0 Å². The van der Waals surface area contributed by atoms with Gasteiger partial charge in [0.25, 0.3) is 10.0 Å². The molecule has 8 heteroatoms. The van der Waals surface area contributed by atoms with E-state index in [0.717, 1.165) is 50.1 Å². The molecule has 0 unspecified atom stereocenters. The molecule has 7 nitrogen and oxygen atoms in total.